The van der Waals surface area contributed by atoms with E-state index in [1.165, 1.54) is 7.11 Å². The molecule has 1 saturated heterocycles. The van der Waals surface area contributed by atoms with Crippen LogP contribution in [0.25, 0.3) is 0 Å². The van der Waals surface area contributed by atoms with E-state index >= 15 is 0 Å². The third kappa shape index (κ3) is 5.66. The Hall–Kier alpha value is -2.41. The van der Waals surface area contributed by atoms with Gasteiger partial charge in [0, 0.05) is 30.8 Å². The van der Waals surface area contributed by atoms with Crippen LogP contribution in [0.5, 0.6) is 0 Å². The third-order valence-corrected chi connectivity index (χ3v) is 3.73. The topological polar surface area (TPSA) is 93.7 Å². The first kappa shape index (κ1) is 17.9. The molecule has 7 heteroatoms. The number of rotatable bonds is 7. The van der Waals surface area contributed by atoms with E-state index in [1.807, 2.05) is 0 Å². The Morgan fingerprint density at radius 1 is 1.21 bits per heavy atom. The molecule has 0 aliphatic carbocycles. The molecule has 1 fully saturated rings. The number of hydrogen-bond donors (Lipinski definition) is 2. The second kappa shape index (κ2) is 9.02. The molecule has 1 unspecified atom stereocenters. The van der Waals surface area contributed by atoms with Crippen LogP contribution in [0.3, 0.4) is 0 Å². The molecule has 1 aromatic rings. The van der Waals surface area contributed by atoms with Crippen LogP contribution in [0.2, 0.25) is 0 Å². The van der Waals surface area contributed by atoms with Crippen molar-refractivity contribution in [3.8, 4) is 0 Å². The summed E-state index contributed by atoms with van der Waals surface area (Å²) >= 11 is 0. The van der Waals surface area contributed by atoms with E-state index in [0.717, 1.165) is 19.4 Å². The number of ether oxygens (including phenoxy) is 2. The van der Waals surface area contributed by atoms with Gasteiger partial charge in [-0.15, -0.1) is 0 Å². The van der Waals surface area contributed by atoms with Crippen LogP contribution in [0.4, 0.5) is 5.69 Å². The highest BCUT2D eigenvalue weighted by Gasteiger charge is 2.16. The van der Waals surface area contributed by atoms with E-state index in [0.29, 0.717) is 17.8 Å². The molecule has 130 valence electrons. The zero-order chi connectivity index (χ0) is 17.4. The van der Waals surface area contributed by atoms with Crippen molar-refractivity contribution in [3.05, 3.63) is 29.8 Å². The van der Waals surface area contributed by atoms with Gasteiger partial charge in [0.05, 0.1) is 19.6 Å². The van der Waals surface area contributed by atoms with Gasteiger partial charge in [0.1, 0.15) is 0 Å². The average Bonchev–Trinajstić information content (AvgIpc) is 3.11. The molecule has 7 nitrogen and oxygen atoms in total. The number of carbonyl (C=O) groups is 3. The number of carbonyl (C=O) groups excluding carboxylic acids is 3. The second-order valence-electron chi connectivity index (χ2n) is 5.55. The maximum Gasteiger partial charge on any atom is 0.306 e. The van der Waals surface area contributed by atoms with Crippen molar-refractivity contribution < 1.29 is 23.9 Å². The fourth-order valence-corrected chi connectivity index (χ4v) is 2.36. The van der Waals surface area contributed by atoms with Gasteiger partial charge in [0.15, 0.2) is 0 Å². The quantitative estimate of drug-likeness (QED) is 0.737. The summed E-state index contributed by atoms with van der Waals surface area (Å²) in [6, 6.07) is 6.58. The van der Waals surface area contributed by atoms with Crippen molar-refractivity contribution in [2.45, 2.75) is 31.8 Å². The van der Waals surface area contributed by atoms with E-state index in [1.54, 1.807) is 24.3 Å². The highest BCUT2D eigenvalue weighted by Crippen LogP contribution is 2.12. The minimum atomic E-state index is -0.427. The smallest absolute Gasteiger partial charge is 0.306 e. The molecule has 1 atom stereocenters. The largest absolute Gasteiger partial charge is 0.469 e. The lowest BCUT2D eigenvalue weighted by molar-refractivity contribution is -0.141. The maximum atomic E-state index is 12.0. The van der Waals surface area contributed by atoms with Crippen molar-refractivity contribution in [1.82, 2.24) is 5.32 Å². The lowest BCUT2D eigenvalue weighted by atomic mass is 10.1. The Morgan fingerprint density at radius 2 is 1.96 bits per heavy atom. The monoisotopic (exact) mass is 334 g/mol. The third-order valence-electron chi connectivity index (χ3n) is 3.73. The van der Waals surface area contributed by atoms with Gasteiger partial charge in [-0.3, -0.25) is 14.4 Å². The van der Waals surface area contributed by atoms with Crippen molar-refractivity contribution in [1.29, 1.82) is 0 Å². The van der Waals surface area contributed by atoms with Gasteiger partial charge >= 0.3 is 5.97 Å². The molecule has 1 aliphatic heterocycles. The van der Waals surface area contributed by atoms with Gasteiger partial charge in [-0.05, 0) is 37.1 Å². The van der Waals surface area contributed by atoms with Gasteiger partial charge in [0.25, 0.3) is 5.91 Å². The molecule has 1 heterocycles. The van der Waals surface area contributed by atoms with Gasteiger partial charge in [0.2, 0.25) is 5.91 Å². The summed E-state index contributed by atoms with van der Waals surface area (Å²) in [6.45, 7) is 1.26. The molecule has 1 aromatic carbocycles. The van der Waals surface area contributed by atoms with E-state index in [2.05, 4.69) is 15.4 Å². The van der Waals surface area contributed by atoms with Gasteiger partial charge in [-0.2, -0.15) is 0 Å². The Bertz CT molecular complexity index is 579. The fourth-order valence-electron chi connectivity index (χ4n) is 2.36. The van der Waals surface area contributed by atoms with Gasteiger partial charge in [-0.1, -0.05) is 0 Å². The molecule has 0 aromatic heterocycles. The molecule has 2 amide bonds. The Balaban J connectivity index is 1.77. The second-order valence-corrected chi connectivity index (χ2v) is 5.55. The van der Waals surface area contributed by atoms with Crippen LogP contribution in [0, 0.1) is 0 Å². The molecule has 2 rings (SSSR count). The number of benzene rings is 1. The minimum absolute atomic E-state index is 0.0338. The lowest BCUT2D eigenvalue weighted by Gasteiger charge is -2.11. The molecule has 1 aliphatic rings. The van der Waals surface area contributed by atoms with Crippen molar-refractivity contribution in [2.24, 2.45) is 0 Å². The van der Waals surface area contributed by atoms with Crippen LogP contribution in [0.1, 0.15) is 36.0 Å². The maximum absolute atomic E-state index is 12.0. The summed E-state index contributed by atoms with van der Waals surface area (Å²) in [6.07, 6.45) is 2.19. The average molecular weight is 334 g/mol. The van der Waals surface area contributed by atoms with Gasteiger partial charge < -0.3 is 20.1 Å². The number of hydrogen-bond acceptors (Lipinski definition) is 5. The first-order valence-electron chi connectivity index (χ1n) is 7.95. The SMILES string of the molecule is COC(=O)CCC(=O)Nc1ccc(C(=O)NCC2CCCO2)cc1. The normalized spacial score (nSPS) is 16.5. The first-order chi connectivity index (χ1) is 11.6. The number of amides is 2. The van der Waals surface area contributed by atoms with E-state index in [9.17, 15) is 14.4 Å². The van der Waals surface area contributed by atoms with E-state index in [-0.39, 0.29) is 30.8 Å². The summed E-state index contributed by atoms with van der Waals surface area (Å²) in [5.41, 5.74) is 1.08. The van der Waals surface area contributed by atoms with Crippen LogP contribution < -0.4 is 10.6 Å². The summed E-state index contributed by atoms with van der Waals surface area (Å²) in [5.74, 6) is -0.881. The highest BCUT2D eigenvalue weighted by molar-refractivity contribution is 5.96. The zero-order valence-corrected chi connectivity index (χ0v) is 13.7. The summed E-state index contributed by atoms with van der Waals surface area (Å²) in [7, 11) is 1.28. The van der Waals surface area contributed by atoms with Crippen molar-refractivity contribution in [3.63, 3.8) is 0 Å². The number of esters is 1. The number of methoxy groups -OCH3 is 1. The molecular weight excluding hydrogens is 312 g/mol. The lowest BCUT2D eigenvalue weighted by Crippen LogP contribution is -2.31. The molecule has 24 heavy (non-hydrogen) atoms. The van der Waals surface area contributed by atoms with Crippen LogP contribution in [-0.2, 0) is 19.1 Å². The van der Waals surface area contributed by atoms with E-state index < -0.39 is 5.97 Å². The summed E-state index contributed by atoms with van der Waals surface area (Å²) in [5, 5.41) is 5.50. The van der Waals surface area contributed by atoms with Crippen LogP contribution in [0.15, 0.2) is 24.3 Å². The van der Waals surface area contributed by atoms with Crippen LogP contribution >= 0.6 is 0 Å². The molecule has 0 saturated carbocycles. The molecule has 2 N–H and O–H groups in total. The Labute approximate surface area is 140 Å². The predicted molar refractivity (Wildman–Crippen MR) is 87.6 cm³/mol. The summed E-state index contributed by atoms with van der Waals surface area (Å²) < 4.78 is 9.94. The molecule has 0 radical (unpaired) electrons. The Morgan fingerprint density at radius 3 is 2.58 bits per heavy atom. The first-order valence-corrected chi connectivity index (χ1v) is 7.95. The molecule has 0 spiro atoms. The Kier molecular flexibility index (Phi) is 6.74. The molecule has 0 bridgehead atoms. The standard InChI is InChI=1S/C17H22N2O5/c1-23-16(21)9-8-15(20)19-13-6-4-12(5-7-13)17(22)18-11-14-3-2-10-24-14/h4-7,14H,2-3,8-11H2,1H3,(H,18,22)(H,19,20). The minimum Gasteiger partial charge on any atom is -0.469 e. The fraction of sp³-hybridized carbons (Fsp3) is 0.471. The van der Waals surface area contributed by atoms with Crippen molar-refractivity contribution in [2.75, 3.05) is 25.6 Å². The van der Waals surface area contributed by atoms with E-state index in [4.69, 9.17) is 4.74 Å². The van der Waals surface area contributed by atoms with Crippen molar-refractivity contribution >= 4 is 23.5 Å². The molecular formula is C17H22N2O5. The zero-order valence-electron chi connectivity index (χ0n) is 13.7. The number of anilines is 1. The van der Waals surface area contributed by atoms with Crippen LogP contribution in [-0.4, -0.2) is 44.1 Å². The number of nitrogens with one attached hydrogen (secondary N) is 2. The van der Waals surface area contributed by atoms with Gasteiger partial charge in [-0.25, -0.2) is 0 Å². The predicted octanol–water partition coefficient (Wildman–Crippen LogP) is 1.49. The highest BCUT2D eigenvalue weighted by atomic mass is 16.5. The summed E-state index contributed by atoms with van der Waals surface area (Å²) in [4.78, 5) is 34.7.